The highest BCUT2D eigenvalue weighted by molar-refractivity contribution is 5.92. The van der Waals surface area contributed by atoms with Gasteiger partial charge in [0.25, 0.3) is 11.1 Å². The van der Waals surface area contributed by atoms with E-state index in [0.717, 1.165) is 22.2 Å². The van der Waals surface area contributed by atoms with E-state index >= 15 is 0 Å². The largest absolute Gasteiger partial charge is 0.350 e. The van der Waals surface area contributed by atoms with E-state index in [1.54, 1.807) is 15.4 Å². The molecule has 0 fully saturated rings. The Balaban J connectivity index is 1.63. The van der Waals surface area contributed by atoms with Gasteiger partial charge in [0.2, 0.25) is 0 Å². The first-order valence-corrected chi connectivity index (χ1v) is 12.0. The van der Waals surface area contributed by atoms with Crippen molar-refractivity contribution in [3.8, 4) is 11.4 Å². The van der Waals surface area contributed by atoms with Gasteiger partial charge in [-0.1, -0.05) is 48.5 Å². The Hall–Kier alpha value is -4.91. The number of para-hydroxylation sites is 3. The van der Waals surface area contributed by atoms with Crippen molar-refractivity contribution < 1.29 is 0 Å². The van der Waals surface area contributed by atoms with E-state index in [2.05, 4.69) is 16.7 Å². The van der Waals surface area contributed by atoms with E-state index in [1.165, 1.54) is 4.57 Å². The normalized spacial score (nSPS) is 11.8. The van der Waals surface area contributed by atoms with Gasteiger partial charge in [0.1, 0.15) is 11.5 Å². The molecule has 0 atom stereocenters. The first-order valence-electron chi connectivity index (χ1n) is 12.0. The van der Waals surface area contributed by atoms with Crippen LogP contribution in [0.2, 0.25) is 0 Å². The van der Waals surface area contributed by atoms with Crippen molar-refractivity contribution in [1.29, 1.82) is 0 Å². The molecule has 0 bridgehead atoms. The van der Waals surface area contributed by atoms with Gasteiger partial charge in [-0.2, -0.15) is 0 Å². The van der Waals surface area contributed by atoms with Gasteiger partial charge in [-0.25, -0.2) is 9.67 Å². The van der Waals surface area contributed by atoms with Gasteiger partial charge in [0.05, 0.1) is 22.3 Å². The summed E-state index contributed by atoms with van der Waals surface area (Å²) in [5, 5.41) is 1.55. The summed E-state index contributed by atoms with van der Waals surface area (Å²) >= 11 is 0. The van der Waals surface area contributed by atoms with Crippen molar-refractivity contribution in [2.45, 2.75) is 6.92 Å². The SMILES string of the molecule is Cc1c(-n2c(/C=C/c3cn(C)c4ccccc34)nc3ccccc3c2=O)c(=O)n(-c2ccccc2)n1C. The minimum Gasteiger partial charge on any atom is -0.350 e. The van der Waals surface area contributed by atoms with Crippen molar-refractivity contribution >= 4 is 34.0 Å². The number of hydrogen-bond donors (Lipinski definition) is 0. The van der Waals surface area contributed by atoms with Crippen LogP contribution in [0.15, 0.2) is 94.6 Å². The highest BCUT2D eigenvalue weighted by atomic mass is 16.1. The molecule has 37 heavy (non-hydrogen) atoms. The van der Waals surface area contributed by atoms with E-state index in [1.807, 2.05) is 100 Å². The molecule has 0 unspecified atom stereocenters. The lowest BCUT2D eigenvalue weighted by Gasteiger charge is -2.10. The molecule has 0 aliphatic heterocycles. The molecular weight excluding hydrogens is 462 g/mol. The van der Waals surface area contributed by atoms with Crippen LogP contribution in [0.5, 0.6) is 0 Å². The second-order valence-electron chi connectivity index (χ2n) is 9.08. The minimum atomic E-state index is -0.287. The monoisotopic (exact) mass is 487 g/mol. The zero-order valence-corrected chi connectivity index (χ0v) is 20.8. The molecule has 0 saturated carbocycles. The van der Waals surface area contributed by atoms with E-state index in [0.29, 0.717) is 22.4 Å². The van der Waals surface area contributed by atoms with E-state index in [-0.39, 0.29) is 16.8 Å². The van der Waals surface area contributed by atoms with Crippen LogP contribution < -0.4 is 11.1 Å². The average molecular weight is 488 g/mol. The second kappa shape index (κ2) is 8.64. The Morgan fingerprint density at radius 1 is 0.757 bits per heavy atom. The molecule has 7 heteroatoms. The lowest BCUT2D eigenvalue weighted by Crippen LogP contribution is -2.28. The zero-order chi connectivity index (χ0) is 25.7. The molecule has 3 heterocycles. The summed E-state index contributed by atoms with van der Waals surface area (Å²) in [5.41, 5.74) is 3.78. The van der Waals surface area contributed by atoms with Gasteiger partial charge >= 0.3 is 0 Å². The molecule has 3 aromatic heterocycles. The third kappa shape index (κ3) is 3.55. The van der Waals surface area contributed by atoms with Crippen LogP contribution in [-0.2, 0) is 14.1 Å². The van der Waals surface area contributed by atoms with E-state index in [4.69, 9.17) is 4.98 Å². The lowest BCUT2D eigenvalue weighted by atomic mass is 10.1. The average Bonchev–Trinajstić information content (AvgIpc) is 3.35. The summed E-state index contributed by atoms with van der Waals surface area (Å²) in [4.78, 5) is 32.5. The van der Waals surface area contributed by atoms with Crippen molar-refractivity contribution in [3.05, 3.63) is 123 Å². The summed E-state index contributed by atoms with van der Waals surface area (Å²) < 4.78 is 6.86. The number of hydrogen-bond acceptors (Lipinski definition) is 3. The van der Waals surface area contributed by atoms with Crippen molar-refractivity contribution in [1.82, 2.24) is 23.5 Å². The maximum atomic E-state index is 13.9. The van der Waals surface area contributed by atoms with Gasteiger partial charge in [0.15, 0.2) is 0 Å². The number of fused-ring (bicyclic) bond motifs is 2. The summed E-state index contributed by atoms with van der Waals surface area (Å²) in [6.45, 7) is 1.84. The van der Waals surface area contributed by atoms with E-state index in [9.17, 15) is 9.59 Å². The molecule has 182 valence electrons. The fraction of sp³-hybridized carbons (Fsp3) is 0.100. The molecule has 6 rings (SSSR count). The summed E-state index contributed by atoms with van der Waals surface area (Å²) in [7, 11) is 3.82. The molecule has 0 spiro atoms. The predicted molar refractivity (Wildman–Crippen MR) is 148 cm³/mol. The smallest absolute Gasteiger partial charge is 0.296 e. The first-order chi connectivity index (χ1) is 18.0. The van der Waals surface area contributed by atoms with Crippen LogP contribution in [0.1, 0.15) is 17.1 Å². The van der Waals surface area contributed by atoms with Crippen LogP contribution in [-0.4, -0.2) is 23.5 Å². The molecular formula is C30H25N5O2. The van der Waals surface area contributed by atoms with Crippen LogP contribution in [0.25, 0.3) is 45.3 Å². The van der Waals surface area contributed by atoms with Gasteiger partial charge in [0, 0.05) is 36.8 Å². The molecule has 0 aliphatic rings. The van der Waals surface area contributed by atoms with Crippen LogP contribution in [0.4, 0.5) is 0 Å². The second-order valence-corrected chi connectivity index (χ2v) is 9.08. The number of aromatic nitrogens is 5. The highest BCUT2D eigenvalue weighted by Crippen LogP contribution is 2.23. The minimum absolute atomic E-state index is 0.283. The fourth-order valence-corrected chi connectivity index (χ4v) is 4.96. The molecule has 0 aliphatic carbocycles. The maximum Gasteiger partial charge on any atom is 0.296 e. The number of nitrogens with zero attached hydrogens (tertiary/aromatic N) is 5. The standard InChI is InChI=1S/C30H25N5O2/c1-20-28(30(37)35(33(20)3)22-11-5-4-6-12-22)34-27(31-25-15-9-7-14-24(25)29(34)36)18-17-21-19-32(2)26-16-10-8-13-23(21)26/h4-19H,1-3H3/b18-17+. The Labute approximate surface area is 212 Å². The van der Waals surface area contributed by atoms with Crippen molar-refractivity contribution in [2.24, 2.45) is 14.1 Å². The summed E-state index contributed by atoms with van der Waals surface area (Å²) in [6.07, 6.45) is 5.80. The topological polar surface area (TPSA) is 66.8 Å². The summed E-state index contributed by atoms with van der Waals surface area (Å²) in [5.74, 6) is 0.391. The highest BCUT2D eigenvalue weighted by Gasteiger charge is 2.22. The van der Waals surface area contributed by atoms with Gasteiger partial charge in [-0.3, -0.25) is 18.8 Å². The van der Waals surface area contributed by atoms with Crippen molar-refractivity contribution in [2.75, 3.05) is 0 Å². The predicted octanol–water partition coefficient (Wildman–Crippen LogP) is 4.85. The quantitative estimate of drug-likeness (QED) is 0.357. The Bertz CT molecular complexity index is 1950. The number of rotatable bonds is 4. The molecule has 0 amide bonds. The molecule has 3 aromatic carbocycles. The third-order valence-electron chi connectivity index (χ3n) is 6.89. The zero-order valence-electron chi connectivity index (χ0n) is 20.8. The fourth-order valence-electron chi connectivity index (χ4n) is 4.96. The summed E-state index contributed by atoms with van der Waals surface area (Å²) in [6, 6.07) is 24.8. The first kappa shape index (κ1) is 22.5. The molecule has 0 N–H and O–H groups in total. The van der Waals surface area contributed by atoms with Crippen LogP contribution in [0, 0.1) is 6.92 Å². The Morgan fingerprint density at radius 3 is 2.22 bits per heavy atom. The van der Waals surface area contributed by atoms with Crippen LogP contribution >= 0.6 is 0 Å². The molecule has 0 saturated heterocycles. The van der Waals surface area contributed by atoms with Crippen molar-refractivity contribution in [3.63, 3.8) is 0 Å². The van der Waals surface area contributed by atoms with Gasteiger partial charge in [-0.15, -0.1) is 0 Å². The molecule has 6 aromatic rings. The number of aryl methyl sites for hydroxylation is 1. The molecule has 0 radical (unpaired) electrons. The van der Waals surface area contributed by atoms with Gasteiger partial charge in [-0.05, 0) is 49.4 Å². The third-order valence-corrected chi connectivity index (χ3v) is 6.89. The maximum absolute atomic E-state index is 13.9. The van der Waals surface area contributed by atoms with E-state index < -0.39 is 0 Å². The Morgan fingerprint density at radius 2 is 1.43 bits per heavy atom. The van der Waals surface area contributed by atoms with Gasteiger partial charge < -0.3 is 4.57 Å². The number of benzene rings is 3. The van der Waals surface area contributed by atoms with Crippen LogP contribution in [0.3, 0.4) is 0 Å². The lowest BCUT2D eigenvalue weighted by molar-refractivity contribution is 0.630. The Kier molecular flexibility index (Phi) is 5.26. The molecule has 7 nitrogen and oxygen atoms in total.